The first-order valence-corrected chi connectivity index (χ1v) is 7.09. The largest absolute Gasteiger partial charge is 0.355 e. The second-order valence-corrected chi connectivity index (χ2v) is 5.64. The number of hydrogen-bond donors (Lipinski definition) is 1. The standard InChI is InChI=1S/C15H18N4O/c1-10-2-3-11(8-16)15(17-10)19-7-6-13-12(9-19)4-5-14(20)18-13/h2-3,12-13H,4-7,9H2,1H3,(H,18,20). The lowest BCUT2D eigenvalue weighted by molar-refractivity contribution is -0.124. The summed E-state index contributed by atoms with van der Waals surface area (Å²) in [7, 11) is 0. The molecule has 3 heterocycles. The summed E-state index contributed by atoms with van der Waals surface area (Å²) in [5, 5.41) is 12.3. The Morgan fingerprint density at radius 3 is 3.10 bits per heavy atom. The number of rotatable bonds is 1. The van der Waals surface area contributed by atoms with Gasteiger partial charge in [-0.3, -0.25) is 4.79 Å². The second kappa shape index (κ2) is 5.12. The van der Waals surface area contributed by atoms with E-state index in [1.807, 2.05) is 19.1 Å². The maximum absolute atomic E-state index is 11.4. The van der Waals surface area contributed by atoms with Gasteiger partial charge in [0.1, 0.15) is 11.9 Å². The average molecular weight is 270 g/mol. The third-order valence-electron chi connectivity index (χ3n) is 4.26. The summed E-state index contributed by atoms with van der Waals surface area (Å²) in [6.07, 6.45) is 2.47. The van der Waals surface area contributed by atoms with Crippen molar-refractivity contribution < 1.29 is 4.79 Å². The molecule has 2 saturated heterocycles. The van der Waals surface area contributed by atoms with Gasteiger partial charge in [0, 0.05) is 31.2 Å². The Kier molecular flexibility index (Phi) is 3.31. The van der Waals surface area contributed by atoms with Crippen molar-refractivity contribution in [3.05, 3.63) is 23.4 Å². The van der Waals surface area contributed by atoms with E-state index in [9.17, 15) is 10.1 Å². The number of carbonyl (C=O) groups is 1. The van der Waals surface area contributed by atoms with Crippen molar-refractivity contribution in [2.45, 2.75) is 32.2 Å². The molecule has 0 aliphatic carbocycles. The van der Waals surface area contributed by atoms with Crippen molar-refractivity contribution in [2.24, 2.45) is 5.92 Å². The second-order valence-electron chi connectivity index (χ2n) is 5.64. The van der Waals surface area contributed by atoms with E-state index in [0.717, 1.165) is 37.4 Å². The van der Waals surface area contributed by atoms with Gasteiger partial charge in [0.25, 0.3) is 0 Å². The number of carbonyl (C=O) groups excluding carboxylic acids is 1. The van der Waals surface area contributed by atoms with E-state index < -0.39 is 0 Å². The van der Waals surface area contributed by atoms with E-state index in [-0.39, 0.29) is 5.91 Å². The summed E-state index contributed by atoms with van der Waals surface area (Å²) in [6.45, 7) is 3.65. The van der Waals surface area contributed by atoms with Crippen molar-refractivity contribution in [1.29, 1.82) is 5.26 Å². The lowest BCUT2D eigenvalue weighted by Gasteiger charge is -2.42. The summed E-state index contributed by atoms with van der Waals surface area (Å²) >= 11 is 0. The first kappa shape index (κ1) is 12.9. The minimum absolute atomic E-state index is 0.172. The van der Waals surface area contributed by atoms with Crippen molar-refractivity contribution in [2.75, 3.05) is 18.0 Å². The summed E-state index contributed by atoms with van der Waals surface area (Å²) in [5.41, 5.74) is 1.56. The Balaban J connectivity index is 1.81. The van der Waals surface area contributed by atoms with Crippen LogP contribution in [0.4, 0.5) is 5.82 Å². The van der Waals surface area contributed by atoms with E-state index in [1.165, 1.54) is 0 Å². The maximum atomic E-state index is 11.4. The van der Waals surface area contributed by atoms with E-state index >= 15 is 0 Å². The topological polar surface area (TPSA) is 69.0 Å². The number of nitrogens with zero attached hydrogens (tertiary/aromatic N) is 3. The highest BCUT2D eigenvalue weighted by Crippen LogP contribution is 2.29. The molecule has 1 aromatic heterocycles. The molecule has 2 aliphatic rings. The molecule has 2 fully saturated rings. The molecule has 104 valence electrons. The molecule has 2 aliphatic heterocycles. The van der Waals surface area contributed by atoms with Crippen LogP contribution in [-0.2, 0) is 4.79 Å². The normalized spacial score (nSPS) is 25.6. The Hall–Kier alpha value is -2.09. The van der Waals surface area contributed by atoms with Crippen LogP contribution in [0.1, 0.15) is 30.5 Å². The van der Waals surface area contributed by atoms with Gasteiger partial charge in [0.2, 0.25) is 5.91 Å². The lowest BCUT2D eigenvalue weighted by atomic mass is 9.85. The molecule has 2 atom stereocenters. The summed E-state index contributed by atoms with van der Waals surface area (Å²) < 4.78 is 0. The van der Waals surface area contributed by atoms with Gasteiger partial charge in [-0.25, -0.2) is 4.98 Å². The third kappa shape index (κ3) is 2.34. The number of piperidine rings is 2. The van der Waals surface area contributed by atoms with Gasteiger partial charge in [0.15, 0.2) is 0 Å². The van der Waals surface area contributed by atoms with Gasteiger partial charge in [-0.15, -0.1) is 0 Å². The zero-order chi connectivity index (χ0) is 14.1. The SMILES string of the molecule is Cc1ccc(C#N)c(N2CCC3NC(=O)CCC3C2)n1. The lowest BCUT2D eigenvalue weighted by Crippen LogP contribution is -2.54. The van der Waals surface area contributed by atoms with Crippen LogP contribution in [-0.4, -0.2) is 30.0 Å². The number of nitrogens with one attached hydrogen (secondary N) is 1. The molecular formula is C15H18N4O. The number of aryl methyl sites for hydroxylation is 1. The predicted octanol–water partition coefficient (Wildman–Crippen LogP) is 1.37. The molecule has 0 saturated carbocycles. The highest BCUT2D eigenvalue weighted by Gasteiger charge is 2.34. The molecule has 3 rings (SSSR count). The summed E-state index contributed by atoms with van der Waals surface area (Å²) in [6, 6.07) is 6.23. The molecule has 0 aromatic carbocycles. The maximum Gasteiger partial charge on any atom is 0.220 e. The average Bonchev–Trinajstić information content (AvgIpc) is 2.46. The highest BCUT2D eigenvalue weighted by atomic mass is 16.1. The molecule has 5 heteroatoms. The molecule has 2 unspecified atom stereocenters. The number of pyridine rings is 1. The van der Waals surface area contributed by atoms with Gasteiger partial charge in [-0.2, -0.15) is 5.26 Å². The fraction of sp³-hybridized carbons (Fsp3) is 0.533. The Labute approximate surface area is 118 Å². The number of hydrogen-bond acceptors (Lipinski definition) is 4. The molecule has 1 amide bonds. The number of anilines is 1. The van der Waals surface area contributed by atoms with Crippen LogP contribution in [0.25, 0.3) is 0 Å². The van der Waals surface area contributed by atoms with Crippen LogP contribution in [0.2, 0.25) is 0 Å². The first-order chi connectivity index (χ1) is 9.67. The van der Waals surface area contributed by atoms with Crippen LogP contribution in [0.3, 0.4) is 0 Å². The van der Waals surface area contributed by atoms with Gasteiger partial charge >= 0.3 is 0 Å². The summed E-state index contributed by atoms with van der Waals surface area (Å²) in [4.78, 5) is 18.2. The third-order valence-corrected chi connectivity index (χ3v) is 4.26. The highest BCUT2D eigenvalue weighted by molar-refractivity contribution is 5.77. The Morgan fingerprint density at radius 1 is 1.45 bits per heavy atom. The van der Waals surface area contributed by atoms with Crippen molar-refractivity contribution in [3.63, 3.8) is 0 Å². The van der Waals surface area contributed by atoms with E-state index in [4.69, 9.17) is 0 Å². The molecule has 5 nitrogen and oxygen atoms in total. The number of amides is 1. The van der Waals surface area contributed by atoms with Crippen molar-refractivity contribution in [3.8, 4) is 6.07 Å². The van der Waals surface area contributed by atoms with Gasteiger partial charge in [-0.1, -0.05) is 0 Å². The van der Waals surface area contributed by atoms with Crippen LogP contribution in [0.15, 0.2) is 12.1 Å². The van der Waals surface area contributed by atoms with Crippen LogP contribution in [0.5, 0.6) is 0 Å². The molecular weight excluding hydrogens is 252 g/mol. The summed E-state index contributed by atoms with van der Waals surface area (Å²) in [5.74, 6) is 1.43. The fourth-order valence-corrected chi connectivity index (χ4v) is 3.17. The zero-order valence-electron chi connectivity index (χ0n) is 11.6. The molecule has 0 bridgehead atoms. The van der Waals surface area contributed by atoms with Gasteiger partial charge in [-0.05, 0) is 37.8 Å². The van der Waals surface area contributed by atoms with E-state index in [0.29, 0.717) is 23.9 Å². The quantitative estimate of drug-likeness (QED) is 0.836. The van der Waals surface area contributed by atoms with Gasteiger partial charge < -0.3 is 10.2 Å². The minimum Gasteiger partial charge on any atom is -0.355 e. The molecule has 0 radical (unpaired) electrons. The van der Waals surface area contributed by atoms with E-state index in [1.54, 1.807) is 0 Å². The van der Waals surface area contributed by atoms with Gasteiger partial charge in [0.05, 0.1) is 5.56 Å². The number of nitriles is 1. The molecule has 20 heavy (non-hydrogen) atoms. The van der Waals surface area contributed by atoms with Crippen LogP contribution >= 0.6 is 0 Å². The van der Waals surface area contributed by atoms with Crippen molar-refractivity contribution >= 4 is 11.7 Å². The Morgan fingerprint density at radius 2 is 2.30 bits per heavy atom. The monoisotopic (exact) mass is 270 g/mol. The fourth-order valence-electron chi connectivity index (χ4n) is 3.17. The zero-order valence-corrected chi connectivity index (χ0v) is 11.6. The number of aromatic nitrogens is 1. The first-order valence-electron chi connectivity index (χ1n) is 7.09. The predicted molar refractivity (Wildman–Crippen MR) is 75.2 cm³/mol. The Bertz CT molecular complexity index is 578. The van der Waals surface area contributed by atoms with Crippen LogP contribution in [0, 0.1) is 24.2 Å². The minimum atomic E-state index is 0.172. The smallest absolute Gasteiger partial charge is 0.220 e. The number of fused-ring (bicyclic) bond motifs is 1. The van der Waals surface area contributed by atoms with E-state index in [2.05, 4.69) is 21.3 Å². The van der Waals surface area contributed by atoms with Crippen molar-refractivity contribution in [1.82, 2.24) is 10.3 Å². The molecule has 0 spiro atoms. The molecule has 1 N–H and O–H groups in total. The van der Waals surface area contributed by atoms with Crippen LogP contribution < -0.4 is 10.2 Å². The molecule has 1 aromatic rings.